The zero-order chi connectivity index (χ0) is 25.5. The van der Waals surface area contributed by atoms with Crippen molar-refractivity contribution in [2.24, 2.45) is 0 Å². The van der Waals surface area contributed by atoms with E-state index in [1.165, 1.54) is 0 Å². The molecule has 0 amide bonds. The van der Waals surface area contributed by atoms with Gasteiger partial charge in [-0.2, -0.15) is 0 Å². The summed E-state index contributed by atoms with van der Waals surface area (Å²) in [4.78, 5) is 3.33. The lowest BCUT2D eigenvalue weighted by Crippen LogP contribution is -1.98. The molecule has 184 valence electrons. The van der Waals surface area contributed by atoms with E-state index in [-0.39, 0.29) is 0 Å². The predicted octanol–water partition coefficient (Wildman–Crippen LogP) is 6.74. The fourth-order valence-corrected chi connectivity index (χ4v) is 4.03. The summed E-state index contributed by atoms with van der Waals surface area (Å²) < 4.78 is 23.2. The lowest BCUT2D eigenvalue weighted by atomic mass is 10.1. The van der Waals surface area contributed by atoms with Crippen LogP contribution in [0, 0.1) is 11.8 Å². The maximum atomic E-state index is 6.31. The fourth-order valence-electron chi connectivity index (χ4n) is 4.03. The van der Waals surface area contributed by atoms with Crippen LogP contribution in [-0.4, -0.2) is 19.2 Å². The summed E-state index contributed by atoms with van der Waals surface area (Å²) in [5.74, 6) is 9.24. The zero-order valence-electron chi connectivity index (χ0n) is 20.8. The average molecular weight is 490 g/mol. The minimum absolute atomic E-state index is 0.436. The maximum Gasteiger partial charge on any atom is 0.161 e. The van der Waals surface area contributed by atoms with Gasteiger partial charge in [-0.25, -0.2) is 0 Å². The van der Waals surface area contributed by atoms with Crippen LogP contribution in [0.2, 0.25) is 0 Å². The molecule has 1 heterocycles. The molecule has 0 aliphatic carbocycles. The van der Waals surface area contributed by atoms with Gasteiger partial charge in [-0.1, -0.05) is 72.5 Å². The molecule has 5 aromatic rings. The molecule has 0 bridgehead atoms. The minimum atomic E-state index is 0.436. The van der Waals surface area contributed by atoms with Crippen molar-refractivity contribution in [3.8, 4) is 34.8 Å². The summed E-state index contributed by atoms with van der Waals surface area (Å²) in [6.45, 7) is 0.901. The van der Waals surface area contributed by atoms with Crippen molar-refractivity contribution in [3.63, 3.8) is 0 Å². The molecule has 4 aromatic carbocycles. The number of H-pyrrole nitrogens is 1. The first-order valence-corrected chi connectivity index (χ1v) is 12.0. The molecule has 0 aliphatic heterocycles. The molecule has 37 heavy (non-hydrogen) atoms. The molecule has 5 nitrogen and oxygen atoms in total. The van der Waals surface area contributed by atoms with Crippen molar-refractivity contribution in [1.29, 1.82) is 0 Å². The number of hydrogen-bond donors (Lipinski definition) is 1. The minimum Gasteiger partial charge on any atom is -0.493 e. The summed E-state index contributed by atoms with van der Waals surface area (Å²) in [5.41, 5.74) is 4.72. The number of nitrogens with one attached hydrogen (secondary N) is 1. The Morgan fingerprint density at radius 3 is 1.84 bits per heavy atom. The highest BCUT2D eigenvalue weighted by Crippen LogP contribution is 2.36. The Bertz CT molecular complexity index is 1550. The first-order chi connectivity index (χ1) is 18.2. The van der Waals surface area contributed by atoms with Gasteiger partial charge in [0, 0.05) is 17.3 Å². The molecular formula is C32H27NO4. The van der Waals surface area contributed by atoms with Gasteiger partial charge in [0.25, 0.3) is 0 Å². The maximum absolute atomic E-state index is 6.31. The van der Waals surface area contributed by atoms with Gasteiger partial charge >= 0.3 is 0 Å². The molecule has 0 fully saturated rings. The van der Waals surface area contributed by atoms with Crippen molar-refractivity contribution < 1.29 is 18.9 Å². The van der Waals surface area contributed by atoms with Crippen molar-refractivity contribution >= 4 is 10.9 Å². The molecule has 0 radical (unpaired) electrons. The highest BCUT2D eigenvalue weighted by molar-refractivity contribution is 5.93. The Balaban J connectivity index is 1.48. The van der Waals surface area contributed by atoms with Crippen LogP contribution in [0.15, 0.2) is 97.2 Å². The second-order valence-corrected chi connectivity index (χ2v) is 8.42. The molecule has 0 atom stereocenters. The normalized spacial score (nSPS) is 10.4. The van der Waals surface area contributed by atoms with E-state index in [0.717, 1.165) is 38.9 Å². The van der Waals surface area contributed by atoms with Gasteiger partial charge in [-0.05, 0) is 41.5 Å². The number of aromatic amines is 1. The van der Waals surface area contributed by atoms with Gasteiger partial charge in [0.05, 0.1) is 25.1 Å². The van der Waals surface area contributed by atoms with E-state index >= 15 is 0 Å². The molecule has 5 heteroatoms. The van der Waals surface area contributed by atoms with E-state index in [0.29, 0.717) is 30.5 Å². The van der Waals surface area contributed by atoms with Gasteiger partial charge in [-0.3, -0.25) is 0 Å². The second kappa shape index (κ2) is 11.3. The number of hydrogen-bond acceptors (Lipinski definition) is 4. The number of methoxy groups -OCH3 is 2. The Kier molecular flexibility index (Phi) is 7.29. The van der Waals surface area contributed by atoms with E-state index in [1.54, 1.807) is 14.2 Å². The number of rotatable bonds is 8. The summed E-state index contributed by atoms with van der Waals surface area (Å²) in [7, 11) is 3.23. The van der Waals surface area contributed by atoms with Crippen molar-refractivity contribution in [1.82, 2.24) is 4.98 Å². The summed E-state index contributed by atoms with van der Waals surface area (Å²) >= 11 is 0. The molecule has 0 saturated carbocycles. The smallest absolute Gasteiger partial charge is 0.161 e. The zero-order valence-corrected chi connectivity index (χ0v) is 20.8. The molecule has 0 unspecified atom stereocenters. The lowest BCUT2D eigenvalue weighted by molar-refractivity contribution is 0.298. The molecule has 5 rings (SSSR count). The number of benzene rings is 4. The quantitative estimate of drug-likeness (QED) is 0.245. The molecule has 1 N–H and O–H groups in total. The van der Waals surface area contributed by atoms with E-state index in [4.69, 9.17) is 18.9 Å². The summed E-state index contributed by atoms with van der Waals surface area (Å²) in [6.07, 6.45) is 1.87. The van der Waals surface area contributed by atoms with Crippen LogP contribution in [-0.2, 0) is 13.2 Å². The fraction of sp³-hybridized carbons (Fsp3) is 0.125. The van der Waals surface area contributed by atoms with E-state index in [2.05, 4.69) is 16.8 Å². The van der Waals surface area contributed by atoms with E-state index in [1.807, 2.05) is 97.2 Å². The summed E-state index contributed by atoms with van der Waals surface area (Å²) in [6, 6.07) is 29.8. The first kappa shape index (κ1) is 23.9. The standard InChI is InChI=1S/C32H27NO4/c1-34-28-16-15-23(18-29(28)35-2)13-14-26-17-27-32(30(19-26)36-21-24-9-5-3-6-10-24)31(20-33-27)37-22-25-11-7-4-8-12-25/h3-12,15-20,33H,21-22H2,1-2H3. The van der Waals surface area contributed by atoms with Crippen LogP contribution >= 0.6 is 0 Å². The third-order valence-corrected chi connectivity index (χ3v) is 5.92. The molecule has 0 spiro atoms. The highest BCUT2D eigenvalue weighted by atomic mass is 16.5. The van der Waals surface area contributed by atoms with Gasteiger partial charge in [-0.15, -0.1) is 0 Å². The topological polar surface area (TPSA) is 52.7 Å². The first-order valence-electron chi connectivity index (χ1n) is 12.0. The van der Waals surface area contributed by atoms with Gasteiger partial charge in [0.1, 0.15) is 24.7 Å². The number of fused-ring (bicyclic) bond motifs is 1. The second-order valence-electron chi connectivity index (χ2n) is 8.42. The number of ether oxygens (including phenoxy) is 4. The predicted molar refractivity (Wildman–Crippen MR) is 145 cm³/mol. The van der Waals surface area contributed by atoms with Crippen LogP contribution in [0.5, 0.6) is 23.0 Å². The Hall–Kier alpha value is -4.82. The highest BCUT2D eigenvalue weighted by Gasteiger charge is 2.14. The Labute approximate surface area is 216 Å². The van der Waals surface area contributed by atoms with Crippen LogP contribution in [0.25, 0.3) is 10.9 Å². The third kappa shape index (κ3) is 5.71. The molecule has 0 aliphatic rings. The Morgan fingerprint density at radius 2 is 1.19 bits per heavy atom. The molecule has 0 saturated heterocycles. The number of aromatic nitrogens is 1. The van der Waals surface area contributed by atoms with Gasteiger partial charge in [0.2, 0.25) is 0 Å². The monoisotopic (exact) mass is 489 g/mol. The lowest BCUT2D eigenvalue weighted by Gasteiger charge is -2.11. The van der Waals surface area contributed by atoms with Crippen LogP contribution in [0.4, 0.5) is 0 Å². The average Bonchev–Trinajstić information content (AvgIpc) is 3.37. The Morgan fingerprint density at radius 1 is 0.595 bits per heavy atom. The third-order valence-electron chi connectivity index (χ3n) is 5.92. The van der Waals surface area contributed by atoms with Crippen molar-refractivity contribution in [2.45, 2.75) is 13.2 Å². The van der Waals surface area contributed by atoms with Crippen LogP contribution < -0.4 is 18.9 Å². The van der Waals surface area contributed by atoms with Crippen molar-refractivity contribution in [2.75, 3.05) is 14.2 Å². The van der Waals surface area contributed by atoms with Gasteiger partial charge in [0.15, 0.2) is 11.5 Å². The van der Waals surface area contributed by atoms with Crippen LogP contribution in [0.1, 0.15) is 22.3 Å². The largest absolute Gasteiger partial charge is 0.493 e. The SMILES string of the molecule is COc1ccc(C#Cc2cc(OCc3ccccc3)c3c(OCc4ccccc4)c[nH]c3c2)cc1OC. The van der Waals surface area contributed by atoms with Crippen molar-refractivity contribution in [3.05, 3.63) is 119 Å². The van der Waals surface area contributed by atoms with Gasteiger partial charge < -0.3 is 23.9 Å². The molecule has 1 aromatic heterocycles. The molecular weight excluding hydrogens is 462 g/mol. The van der Waals surface area contributed by atoms with E-state index < -0.39 is 0 Å². The van der Waals surface area contributed by atoms with E-state index in [9.17, 15) is 0 Å². The summed E-state index contributed by atoms with van der Waals surface area (Å²) in [5, 5.41) is 0.892. The van der Waals surface area contributed by atoms with Crippen LogP contribution in [0.3, 0.4) is 0 Å².